The van der Waals surface area contributed by atoms with Crippen molar-refractivity contribution in [1.82, 2.24) is 0 Å². The van der Waals surface area contributed by atoms with Crippen molar-refractivity contribution >= 4 is 27.7 Å². The summed E-state index contributed by atoms with van der Waals surface area (Å²) >= 11 is 3.19. The van der Waals surface area contributed by atoms with E-state index in [1.807, 2.05) is 0 Å². The Labute approximate surface area is 83.5 Å². The summed E-state index contributed by atoms with van der Waals surface area (Å²) in [5, 5.41) is 8.45. The molecule has 1 aromatic rings. The van der Waals surface area contributed by atoms with Crippen LogP contribution in [0.5, 0.6) is 0 Å². The van der Waals surface area contributed by atoms with Gasteiger partial charge in [0.25, 0.3) is 5.78 Å². The van der Waals surface area contributed by atoms with Crippen molar-refractivity contribution in [2.75, 3.05) is 0 Å². The third-order valence-corrected chi connectivity index (χ3v) is 1.96. The van der Waals surface area contributed by atoms with Crippen LogP contribution in [0.2, 0.25) is 0 Å². The lowest BCUT2D eigenvalue weighted by Gasteiger charge is -1.99. The van der Waals surface area contributed by atoms with Gasteiger partial charge < -0.3 is 5.11 Å². The third kappa shape index (κ3) is 2.39. The van der Waals surface area contributed by atoms with E-state index in [0.717, 1.165) is 5.56 Å². The van der Waals surface area contributed by atoms with E-state index in [-0.39, 0.29) is 5.56 Å². The molecule has 0 heterocycles. The summed E-state index contributed by atoms with van der Waals surface area (Å²) in [7, 11) is 0. The first kappa shape index (κ1) is 9.92. The minimum absolute atomic E-state index is 0.194. The number of ketones is 1. The summed E-state index contributed by atoms with van der Waals surface area (Å²) in [6.07, 6.45) is 0. The number of carboxylic acid groups (broad SMARTS) is 1. The summed E-state index contributed by atoms with van der Waals surface area (Å²) in [4.78, 5) is 21.4. The van der Waals surface area contributed by atoms with Gasteiger partial charge in [0.1, 0.15) is 0 Å². The van der Waals surface area contributed by atoms with E-state index in [2.05, 4.69) is 15.9 Å². The first-order chi connectivity index (χ1) is 6.00. The highest BCUT2D eigenvalue weighted by Gasteiger charge is 2.14. The van der Waals surface area contributed by atoms with E-state index in [9.17, 15) is 9.59 Å². The molecule has 0 fully saturated rings. The standard InChI is InChI=1S/C9H7BrO3/c1-5-2-6(4-7(10)3-5)8(11)9(12)13/h2-4H,1H3,(H,12,13). The average Bonchev–Trinajstić information content (AvgIpc) is 2.01. The molecule has 1 aromatic carbocycles. The van der Waals surface area contributed by atoms with Crippen LogP contribution in [0, 0.1) is 6.92 Å². The number of benzene rings is 1. The van der Waals surface area contributed by atoms with Crippen molar-refractivity contribution in [2.24, 2.45) is 0 Å². The molecular formula is C9H7BrO3. The van der Waals surface area contributed by atoms with E-state index in [0.29, 0.717) is 4.47 Å². The maximum atomic E-state index is 11.0. The Morgan fingerprint density at radius 3 is 2.38 bits per heavy atom. The maximum Gasteiger partial charge on any atom is 0.377 e. The van der Waals surface area contributed by atoms with Crippen LogP contribution < -0.4 is 0 Å². The average molecular weight is 243 g/mol. The van der Waals surface area contributed by atoms with Gasteiger partial charge in [0.2, 0.25) is 0 Å². The fourth-order valence-corrected chi connectivity index (χ4v) is 1.60. The Bertz CT molecular complexity index is 351. The highest BCUT2D eigenvalue weighted by atomic mass is 79.9. The van der Waals surface area contributed by atoms with E-state index in [1.54, 1.807) is 19.1 Å². The van der Waals surface area contributed by atoms with E-state index in [1.165, 1.54) is 6.07 Å². The second kappa shape index (κ2) is 3.70. The van der Waals surface area contributed by atoms with Gasteiger partial charge in [0.05, 0.1) is 0 Å². The lowest BCUT2D eigenvalue weighted by Crippen LogP contribution is -2.12. The molecule has 0 aromatic heterocycles. The van der Waals surface area contributed by atoms with Gasteiger partial charge in [-0.3, -0.25) is 4.79 Å². The molecule has 4 heteroatoms. The van der Waals surface area contributed by atoms with Crippen molar-refractivity contribution in [3.63, 3.8) is 0 Å². The van der Waals surface area contributed by atoms with Crippen LogP contribution in [-0.2, 0) is 4.79 Å². The quantitative estimate of drug-likeness (QED) is 0.638. The van der Waals surface area contributed by atoms with Gasteiger partial charge in [0, 0.05) is 10.0 Å². The molecule has 0 saturated heterocycles. The summed E-state index contributed by atoms with van der Waals surface area (Å²) < 4.78 is 0.706. The zero-order valence-electron chi connectivity index (χ0n) is 6.87. The molecule has 68 valence electrons. The fourth-order valence-electron chi connectivity index (χ4n) is 0.991. The van der Waals surface area contributed by atoms with Gasteiger partial charge in [-0.1, -0.05) is 15.9 Å². The van der Waals surface area contributed by atoms with E-state index in [4.69, 9.17) is 5.11 Å². The summed E-state index contributed by atoms with van der Waals surface area (Å²) in [6.45, 7) is 1.80. The fraction of sp³-hybridized carbons (Fsp3) is 0.111. The number of halogens is 1. The molecule has 3 nitrogen and oxygen atoms in total. The van der Waals surface area contributed by atoms with E-state index < -0.39 is 11.8 Å². The van der Waals surface area contributed by atoms with Crippen LogP contribution in [0.3, 0.4) is 0 Å². The van der Waals surface area contributed by atoms with Crippen LogP contribution in [0.15, 0.2) is 22.7 Å². The Hall–Kier alpha value is -1.16. The number of carboxylic acids is 1. The van der Waals surface area contributed by atoms with Crippen molar-refractivity contribution < 1.29 is 14.7 Å². The molecule has 1 N–H and O–H groups in total. The molecule has 1 rings (SSSR count). The Balaban J connectivity index is 3.15. The predicted molar refractivity (Wildman–Crippen MR) is 50.8 cm³/mol. The van der Waals surface area contributed by atoms with Crippen molar-refractivity contribution in [3.8, 4) is 0 Å². The highest BCUT2D eigenvalue weighted by Crippen LogP contribution is 2.15. The zero-order chi connectivity index (χ0) is 10.0. The molecule has 0 radical (unpaired) electrons. The smallest absolute Gasteiger partial charge is 0.377 e. The number of carbonyl (C=O) groups is 2. The van der Waals surface area contributed by atoms with Gasteiger partial charge in [-0.25, -0.2) is 4.79 Å². The normalized spacial score (nSPS) is 9.69. The molecule has 0 aliphatic rings. The minimum Gasteiger partial charge on any atom is -0.475 e. The molecule has 13 heavy (non-hydrogen) atoms. The van der Waals surface area contributed by atoms with Crippen LogP contribution in [0.1, 0.15) is 15.9 Å². The lowest BCUT2D eigenvalue weighted by atomic mass is 10.1. The number of Topliss-reactive ketones (excluding diaryl/α,β-unsaturated/α-hetero) is 1. The number of rotatable bonds is 2. The Kier molecular flexibility index (Phi) is 2.83. The monoisotopic (exact) mass is 242 g/mol. The maximum absolute atomic E-state index is 11.0. The van der Waals surface area contributed by atoms with Crippen LogP contribution in [-0.4, -0.2) is 16.9 Å². The largest absolute Gasteiger partial charge is 0.475 e. The molecule has 0 atom stereocenters. The molecule has 0 bridgehead atoms. The van der Waals surface area contributed by atoms with Crippen LogP contribution in [0.4, 0.5) is 0 Å². The van der Waals surface area contributed by atoms with Crippen LogP contribution in [0.25, 0.3) is 0 Å². The van der Waals surface area contributed by atoms with Crippen LogP contribution >= 0.6 is 15.9 Å². The summed E-state index contributed by atoms with van der Waals surface area (Å²) in [6, 6.07) is 4.84. The highest BCUT2D eigenvalue weighted by molar-refractivity contribution is 9.10. The van der Waals surface area contributed by atoms with Gasteiger partial charge >= 0.3 is 5.97 Å². The Morgan fingerprint density at radius 2 is 1.92 bits per heavy atom. The second-order valence-corrected chi connectivity index (χ2v) is 3.57. The Morgan fingerprint density at radius 1 is 1.31 bits per heavy atom. The van der Waals surface area contributed by atoms with Gasteiger partial charge in [-0.05, 0) is 30.7 Å². The van der Waals surface area contributed by atoms with E-state index >= 15 is 0 Å². The number of aliphatic carboxylic acids is 1. The molecule has 0 unspecified atom stereocenters. The molecule has 0 saturated carbocycles. The number of carbonyl (C=O) groups excluding carboxylic acids is 1. The molecule has 0 aliphatic heterocycles. The third-order valence-electron chi connectivity index (χ3n) is 1.50. The lowest BCUT2D eigenvalue weighted by molar-refractivity contribution is -0.131. The van der Waals surface area contributed by atoms with Gasteiger partial charge in [-0.15, -0.1) is 0 Å². The summed E-state index contributed by atoms with van der Waals surface area (Å²) in [5.74, 6) is -2.32. The first-order valence-corrected chi connectivity index (χ1v) is 4.35. The van der Waals surface area contributed by atoms with Gasteiger partial charge in [-0.2, -0.15) is 0 Å². The topological polar surface area (TPSA) is 54.4 Å². The van der Waals surface area contributed by atoms with Gasteiger partial charge in [0.15, 0.2) is 0 Å². The molecule has 0 amide bonds. The minimum atomic E-state index is -1.43. The molecule has 0 aliphatic carbocycles. The summed E-state index contributed by atoms with van der Waals surface area (Å²) in [5.41, 5.74) is 1.04. The first-order valence-electron chi connectivity index (χ1n) is 3.55. The van der Waals surface area contributed by atoms with Crippen molar-refractivity contribution in [1.29, 1.82) is 0 Å². The molecular weight excluding hydrogens is 236 g/mol. The number of aryl methyl sites for hydroxylation is 1. The number of hydrogen-bond acceptors (Lipinski definition) is 2. The van der Waals surface area contributed by atoms with Crippen molar-refractivity contribution in [3.05, 3.63) is 33.8 Å². The SMILES string of the molecule is Cc1cc(Br)cc(C(=O)C(=O)O)c1. The second-order valence-electron chi connectivity index (χ2n) is 2.65. The molecule has 0 spiro atoms. The predicted octanol–water partition coefficient (Wildman–Crippen LogP) is 2.02. The zero-order valence-corrected chi connectivity index (χ0v) is 8.46. The van der Waals surface area contributed by atoms with Crippen molar-refractivity contribution in [2.45, 2.75) is 6.92 Å². The number of hydrogen-bond donors (Lipinski definition) is 1.